The number of nitrogens with one attached hydrogen (secondary N) is 1. The maximum Gasteiger partial charge on any atom is 0.322 e. The molecule has 25 heavy (non-hydrogen) atoms. The van der Waals surface area contributed by atoms with Gasteiger partial charge >= 0.3 is 5.97 Å². The number of carbonyl (C=O) groups is 1. The van der Waals surface area contributed by atoms with Gasteiger partial charge in [-0.1, -0.05) is 44.5 Å². The Bertz CT molecular complexity index is 878. The number of hydrogen-bond acceptors (Lipinski definition) is 4. The first-order valence-electron chi connectivity index (χ1n) is 8.13. The Kier molecular flexibility index (Phi) is 5.69. The lowest BCUT2D eigenvalue weighted by atomic mass is 10.0. The fraction of sp³-hybridized carbons (Fsp3) is 0.389. The minimum absolute atomic E-state index is 0.0863. The highest BCUT2D eigenvalue weighted by molar-refractivity contribution is 7.89. The summed E-state index contributed by atoms with van der Waals surface area (Å²) in [6, 6.07) is 9.29. The molecule has 2 N–H and O–H groups in total. The molecule has 2 aromatic carbocycles. The Hall–Kier alpha value is -2.12. The van der Waals surface area contributed by atoms with Crippen molar-refractivity contribution < 1.29 is 18.3 Å². The summed E-state index contributed by atoms with van der Waals surface area (Å²) in [5, 5.41) is 10.7. The summed E-state index contributed by atoms with van der Waals surface area (Å²) in [5.74, 6) is -1.49. The molecule has 0 aromatic heterocycles. The van der Waals surface area contributed by atoms with Crippen molar-refractivity contribution in [1.29, 1.82) is 0 Å². The molecule has 0 heterocycles. The van der Waals surface area contributed by atoms with Crippen LogP contribution in [0.15, 0.2) is 41.3 Å². The van der Waals surface area contributed by atoms with Crippen molar-refractivity contribution in [3.8, 4) is 0 Å². The number of anilines is 1. The van der Waals surface area contributed by atoms with Crippen LogP contribution < -0.4 is 9.62 Å². The molecule has 2 aromatic rings. The zero-order chi connectivity index (χ0) is 18.8. The van der Waals surface area contributed by atoms with Crippen molar-refractivity contribution in [2.45, 2.75) is 31.2 Å². The van der Waals surface area contributed by atoms with Crippen LogP contribution >= 0.6 is 0 Å². The van der Waals surface area contributed by atoms with E-state index in [2.05, 4.69) is 4.72 Å². The maximum absolute atomic E-state index is 12.9. The van der Waals surface area contributed by atoms with Gasteiger partial charge in [0.15, 0.2) is 0 Å². The maximum atomic E-state index is 12.9. The van der Waals surface area contributed by atoms with E-state index in [4.69, 9.17) is 0 Å². The van der Waals surface area contributed by atoms with Crippen molar-refractivity contribution in [3.05, 3.63) is 36.4 Å². The van der Waals surface area contributed by atoms with Crippen molar-refractivity contribution in [2.75, 3.05) is 19.0 Å². The van der Waals surface area contributed by atoms with Gasteiger partial charge in [-0.05, 0) is 18.1 Å². The molecule has 7 heteroatoms. The Morgan fingerprint density at radius 3 is 2.32 bits per heavy atom. The Morgan fingerprint density at radius 1 is 1.16 bits per heavy atom. The predicted molar refractivity (Wildman–Crippen MR) is 99.5 cm³/mol. The molecule has 0 radical (unpaired) electrons. The van der Waals surface area contributed by atoms with Gasteiger partial charge < -0.3 is 10.0 Å². The third kappa shape index (κ3) is 3.93. The fourth-order valence-electron chi connectivity index (χ4n) is 2.77. The molecule has 0 spiro atoms. The summed E-state index contributed by atoms with van der Waals surface area (Å²) < 4.78 is 28.1. The minimum Gasteiger partial charge on any atom is -0.480 e. The van der Waals surface area contributed by atoms with Gasteiger partial charge in [0.25, 0.3) is 0 Å². The molecular formula is C18H24N2O4S. The van der Waals surface area contributed by atoms with Gasteiger partial charge in [-0.3, -0.25) is 4.79 Å². The Morgan fingerprint density at radius 2 is 1.76 bits per heavy atom. The van der Waals surface area contributed by atoms with Gasteiger partial charge in [-0.25, -0.2) is 8.42 Å². The number of hydrogen-bond donors (Lipinski definition) is 2. The SMILES string of the molecule is CCC(C)C(NS(=O)(=O)c1cccc2c(N(C)C)cccc12)C(=O)O. The zero-order valence-electron chi connectivity index (χ0n) is 14.9. The second-order valence-corrected chi connectivity index (χ2v) is 8.03. The summed E-state index contributed by atoms with van der Waals surface area (Å²) in [4.78, 5) is 13.5. The number of aliphatic carboxylic acids is 1. The molecule has 0 saturated carbocycles. The topological polar surface area (TPSA) is 86.7 Å². The molecule has 2 atom stereocenters. The van der Waals surface area contributed by atoms with Crippen molar-refractivity contribution >= 4 is 32.5 Å². The number of nitrogens with zero attached hydrogens (tertiary/aromatic N) is 1. The Labute approximate surface area is 148 Å². The van der Waals surface area contributed by atoms with E-state index >= 15 is 0 Å². The number of sulfonamides is 1. The highest BCUT2D eigenvalue weighted by atomic mass is 32.2. The second kappa shape index (κ2) is 7.41. The standard InChI is InChI=1S/C18H24N2O4S/c1-5-12(2)17(18(21)22)19-25(23,24)16-11-7-8-13-14(16)9-6-10-15(13)20(3)4/h6-12,17,19H,5H2,1-4H3,(H,21,22). The van der Waals surface area contributed by atoms with Gasteiger partial charge in [-0.2, -0.15) is 4.72 Å². The van der Waals surface area contributed by atoms with Gasteiger partial charge in [0.05, 0.1) is 4.90 Å². The van der Waals surface area contributed by atoms with Crippen LogP contribution in [-0.4, -0.2) is 39.6 Å². The number of carboxylic acids is 1. The normalized spacial score (nSPS) is 14.2. The van der Waals surface area contributed by atoms with E-state index in [-0.39, 0.29) is 10.8 Å². The third-order valence-electron chi connectivity index (χ3n) is 4.39. The van der Waals surface area contributed by atoms with E-state index in [0.29, 0.717) is 11.8 Å². The van der Waals surface area contributed by atoms with E-state index in [1.807, 2.05) is 38.1 Å². The average molecular weight is 364 g/mol. The lowest BCUT2D eigenvalue weighted by Gasteiger charge is -2.21. The van der Waals surface area contributed by atoms with Crippen LogP contribution in [0.2, 0.25) is 0 Å². The summed E-state index contributed by atoms with van der Waals surface area (Å²) in [5.41, 5.74) is 0.895. The van der Waals surface area contributed by atoms with Crippen molar-refractivity contribution in [1.82, 2.24) is 4.72 Å². The third-order valence-corrected chi connectivity index (χ3v) is 5.89. The van der Waals surface area contributed by atoms with E-state index in [0.717, 1.165) is 11.1 Å². The highest BCUT2D eigenvalue weighted by Crippen LogP contribution is 2.30. The first-order valence-corrected chi connectivity index (χ1v) is 9.61. The molecular weight excluding hydrogens is 340 g/mol. The van der Waals surface area contributed by atoms with Crippen LogP contribution in [0.5, 0.6) is 0 Å². The molecule has 0 saturated heterocycles. The molecule has 0 bridgehead atoms. The van der Waals surface area contributed by atoms with Gasteiger partial charge in [-0.15, -0.1) is 0 Å². The van der Waals surface area contributed by atoms with Gasteiger partial charge in [0.2, 0.25) is 10.0 Å². The first-order chi connectivity index (χ1) is 11.7. The summed E-state index contributed by atoms with van der Waals surface area (Å²) in [6.07, 6.45) is 0.555. The molecule has 6 nitrogen and oxygen atoms in total. The molecule has 0 aliphatic carbocycles. The predicted octanol–water partition coefficient (Wildman–Crippen LogP) is 2.68. The molecule has 2 rings (SSSR count). The average Bonchev–Trinajstić information content (AvgIpc) is 2.57. The van der Waals surface area contributed by atoms with Crippen LogP contribution in [0, 0.1) is 5.92 Å². The first kappa shape index (κ1) is 19.2. The molecule has 136 valence electrons. The van der Waals surface area contributed by atoms with Crippen LogP contribution in [0.3, 0.4) is 0 Å². The summed E-state index contributed by atoms with van der Waals surface area (Å²) >= 11 is 0. The van der Waals surface area contributed by atoms with E-state index in [1.165, 1.54) is 6.07 Å². The molecule has 0 amide bonds. The highest BCUT2D eigenvalue weighted by Gasteiger charge is 2.30. The van der Waals surface area contributed by atoms with Crippen molar-refractivity contribution in [2.24, 2.45) is 5.92 Å². The number of benzene rings is 2. The van der Waals surface area contributed by atoms with Crippen LogP contribution in [-0.2, 0) is 14.8 Å². The van der Waals surface area contributed by atoms with Gasteiger partial charge in [0.1, 0.15) is 6.04 Å². The molecule has 0 fully saturated rings. The van der Waals surface area contributed by atoms with Crippen molar-refractivity contribution in [3.63, 3.8) is 0 Å². The van der Waals surface area contributed by atoms with Gasteiger partial charge in [0, 0.05) is 30.6 Å². The zero-order valence-corrected chi connectivity index (χ0v) is 15.7. The van der Waals surface area contributed by atoms with Crippen LogP contribution in [0.4, 0.5) is 5.69 Å². The van der Waals surface area contributed by atoms with E-state index in [1.54, 1.807) is 25.1 Å². The fourth-order valence-corrected chi connectivity index (χ4v) is 4.28. The number of carboxylic acid groups (broad SMARTS) is 1. The largest absolute Gasteiger partial charge is 0.480 e. The Balaban J connectivity index is 2.57. The molecule has 0 aliphatic rings. The number of fused-ring (bicyclic) bond motifs is 1. The summed E-state index contributed by atoms with van der Waals surface area (Å²) in [6.45, 7) is 3.55. The lowest BCUT2D eigenvalue weighted by molar-refractivity contribution is -0.140. The van der Waals surface area contributed by atoms with E-state index in [9.17, 15) is 18.3 Å². The van der Waals surface area contributed by atoms with E-state index < -0.39 is 22.0 Å². The summed E-state index contributed by atoms with van der Waals surface area (Å²) in [7, 11) is -0.205. The monoisotopic (exact) mass is 364 g/mol. The molecule has 0 aliphatic heterocycles. The van der Waals surface area contributed by atoms with Crippen LogP contribution in [0.25, 0.3) is 10.8 Å². The van der Waals surface area contributed by atoms with Crippen LogP contribution in [0.1, 0.15) is 20.3 Å². The lowest BCUT2D eigenvalue weighted by Crippen LogP contribution is -2.44. The second-order valence-electron chi connectivity index (χ2n) is 6.35. The molecule has 2 unspecified atom stereocenters. The minimum atomic E-state index is -3.98. The smallest absolute Gasteiger partial charge is 0.322 e. The number of rotatable bonds is 7. The quantitative estimate of drug-likeness (QED) is 0.789.